The van der Waals surface area contributed by atoms with E-state index in [1.165, 1.54) is 18.2 Å². The van der Waals surface area contributed by atoms with Gasteiger partial charge < -0.3 is 10.6 Å². The number of benzene rings is 2. The zero-order valence-corrected chi connectivity index (χ0v) is 15.1. The zero-order valence-electron chi connectivity index (χ0n) is 14.3. The van der Waals surface area contributed by atoms with E-state index in [0.717, 1.165) is 18.4 Å². The zero-order chi connectivity index (χ0) is 19.2. The summed E-state index contributed by atoms with van der Waals surface area (Å²) in [5.74, 6) is -2.89. The number of carbonyl (C=O) groups is 2. The van der Waals surface area contributed by atoms with Crippen LogP contribution in [0.4, 0.5) is 14.5 Å². The van der Waals surface area contributed by atoms with Gasteiger partial charge in [0.1, 0.15) is 0 Å². The summed E-state index contributed by atoms with van der Waals surface area (Å²) in [7, 11) is 0. The molecule has 1 aliphatic rings. The number of hydrogen-bond acceptors (Lipinski definition) is 3. The minimum atomic E-state index is -2.47. The predicted octanol–water partition coefficient (Wildman–Crippen LogP) is 4.55. The number of anilines is 1. The molecule has 2 aromatic carbocycles. The van der Waals surface area contributed by atoms with E-state index in [4.69, 9.17) is 0 Å². The van der Waals surface area contributed by atoms with Crippen LogP contribution >= 0.6 is 11.8 Å². The summed E-state index contributed by atoms with van der Waals surface area (Å²) in [6, 6.07) is 13.5. The van der Waals surface area contributed by atoms with E-state index < -0.39 is 5.76 Å². The van der Waals surface area contributed by atoms with Crippen LogP contribution in [0, 0.1) is 0 Å². The molecule has 2 aromatic rings. The molecule has 7 heteroatoms. The van der Waals surface area contributed by atoms with Gasteiger partial charge in [0.25, 0.3) is 11.7 Å². The van der Waals surface area contributed by atoms with Gasteiger partial charge in [-0.15, -0.1) is 0 Å². The fourth-order valence-corrected chi connectivity index (χ4v) is 2.82. The number of halogens is 2. The minimum Gasteiger partial charge on any atom is -0.349 e. The molecule has 1 saturated carbocycles. The van der Waals surface area contributed by atoms with Crippen molar-refractivity contribution in [3.05, 3.63) is 65.7 Å². The Morgan fingerprint density at radius 3 is 2.30 bits per heavy atom. The average molecular weight is 388 g/mol. The molecule has 2 amide bonds. The van der Waals surface area contributed by atoms with Crippen molar-refractivity contribution in [1.29, 1.82) is 0 Å². The molecule has 0 aliphatic heterocycles. The van der Waals surface area contributed by atoms with Crippen molar-refractivity contribution in [2.24, 2.45) is 0 Å². The number of amides is 2. The summed E-state index contributed by atoms with van der Waals surface area (Å²) in [4.78, 5) is 24.3. The van der Waals surface area contributed by atoms with Gasteiger partial charge in [0.2, 0.25) is 5.91 Å². The van der Waals surface area contributed by atoms with Crippen molar-refractivity contribution < 1.29 is 18.4 Å². The van der Waals surface area contributed by atoms with Gasteiger partial charge in [0, 0.05) is 28.3 Å². The lowest BCUT2D eigenvalue weighted by atomic mass is 10.1. The standard InChI is InChI=1S/C20H18F2N2O2S/c21-20(22)27-17-10-8-15(9-11-17)23-18(25)12-3-13-1-4-14(5-2-13)19(26)24-16-6-7-16/h1-5,8-12,16,20H,6-7H2,(H,23,25)(H,24,26)/b12-3+. The molecule has 0 radical (unpaired) electrons. The van der Waals surface area contributed by atoms with Gasteiger partial charge in [-0.1, -0.05) is 23.9 Å². The largest absolute Gasteiger partial charge is 0.349 e. The highest BCUT2D eigenvalue weighted by Gasteiger charge is 2.23. The molecule has 0 heterocycles. The van der Waals surface area contributed by atoms with Gasteiger partial charge in [-0.2, -0.15) is 8.78 Å². The van der Waals surface area contributed by atoms with Crippen molar-refractivity contribution >= 4 is 35.3 Å². The molecular weight excluding hydrogens is 370 g/mol. The van der Waals surface area contributed by atoms with Gasteiger partial charge in [0.05, 0.1) is 0 Å². The van der Waals surface area contributed by atoms with Crippen LogP contribution in [-0.2, 0) is 4.79 Å². The number of hydrogen-bond donors (Lipinski definition) is 2. The summed E-state index contributed by atoms with van der Waals surface area (Å²) in [5.41, 5.74) is 1.90. The first kappa shape index (κ1) is 19.1. The molecule has 0 aromatic heterocycles. The van der Waals surface area contributed by atoms with Crippen LogP contribution in [0.15, 0.2) is 59.5 Å². The van der Waals surface area contributed by atoms with Crippen molar-refractivity contribution in [1.82, 2.24) is 5.32 Å². The molecular formula is C20H18F2N2O2S. The molecule has 1 fully saturated rings. The van der Waals surface area contributed by atoms with Gasteiger partial charge in [-0.3, -0.25) is 9.59 Å². The Morgan fingerprint density at radius 1 is 1.04 bits per heavy atom. The highest BCUT2D eigenvalue weighted by atomic mass is 32.2. The summed E-state index contributed by atoms with van der Waals surface area (Å²) < 4.78 is 24.6. The van der Waals surface area contributed by atoms with Crippen LogP contribution < -0.4 is 10.6 Å². The quantitative estimate of drug-likeness (QED) is 0.541. The fraction of sp³-hybridized carbons (Fsp3) is 0.200. The maximum Gasteiger partial charge on any atom is 0.288 e. The minimum absolute atomic E-state index is 0.0841. The first-order chi connectivity index (χ1) is 13.0. The molecule has 2 N–H and O–H groups in total. The maximum atomic E-state index is 12.3. The Hall–Kier alpha value is -2.67. The molecule has 3 rings (SSSR count). The van der Waals surface area contributed by atoms with Crippen LogP contribution in [-0.4, -0.2) is 23.6 Å². The molecule has 0 saturated heterocycles. The van der Waals surface area contributed by atoms with Crippen LogP contribution in [0.5, 0.6) is 0 Å². The summed E-state index contributed by atoms with van der Waals surface area (Å²) in [6.07, 6.45) is 5.09. The number of nitrogens with one attached hydrogen (secondary N) is 2. The Balaban J connectivity index is 1.52. The predicted molar refractivity (Wildman–Crippen MR) is 103 cm³/mol. The van der Waals surface area contributed by atoms with Crippen molar-refractivity contribution in [3.63, 3.8) is 0 Å². The monoisotopic (exact) mass is 388 g/mol. The van der Waals surface area contributed by atoms with E-state index >= 15 is 0 Å². The second-order valence-electron chi connectivity index (χ2n) is 6.10. The highest BCUT2D eigenvalue weighted by molar-refractivity contribution is 7.99. The Labute approximate surface area is 160 Å². The Morgan fingerprint density at radius 2 is 1.70 bits per heavy atom. The van der Waals surface area contributed by atoms with Gasteiger partial charge >= 0.3 is 0 Å². The topological polar surface area (TPSA) is 58.2 Å². The second kappa shape index (κ2) is 8.81. The van der Waals surface area contributed by atoms with Crippen molar-refractivity contribution in [2.75, 3.05) is 5.32 Å². The highest BCUT2D eigenvalue weighted by Crippen LogP contribution is 2.26. The van der Waals surface area contributed by atoms with Gasteiger partial charge in [0.15, 0.2) is 0 Å². The van der Waals surface area contributed by atoms with Crippen molar-refractivity contribution in [3.8, 4) is 0 Å². The summed E-state index contributed by atoms with van der Waals surface area (Å²) >= 11 is 0.455. The lowest BCUT2D eigenvalue weighted by molar-refractivity contribution is -0.111. The van der Waals surface area contributed by atoms with Crippen LogP contribution in [0.1, 0.15) is 28.8 Å². The van der Waals surface area contributed by atoms with Crippen LogP contribution in [0.2, 0.25) is 0 Å². The van der Waals surface area contributed by atoms with Gasteiger partial charge in [-0.05, 0) is 60.9 Å². The molecule has 140 valence electrons. The van der Waals surface area contributed by atoms with Crippen LogP contribution in [0.3, 0.4) is 0 Å². The molecule has 1 aliphatic carbocycles. The molecule has 0 spiro atoms. The molecule has 4 nitrogen and oxygen atoms in total. The average Bonchev–Trinajstić information content (AvgIpc) is 3.45. The lowest BCUT2D eigenvalue weighted by Gasteiger charge is -2.04. The van der Waals surface area contributed by atoms with E-state index in [0.29, 0.717) is 34.0 Å². The van der Waals surface area contributed by atoms with E-state index in [-0.39, 0.29) is 11.8 Å². The maximum absolute atomic E-state index is 12.3. The fourth-order valence-electron chi connectivity index (χ4n) is 2.32. The van der Waals surface area contributed by atoms with E-state index in [1.807, 2.05) is 0 Å². The van der Waals surface area contributed by atoms with E-state index in [1.54, 1.807) is 42.5 Å². The van der Waals surface area contributed by atoms with Crippen LogP contribution in [0.25, 0.3) is 6.08 Å². The number of carbonyl (C=O) groups excluding carboxylic acids is 2. The van der Waals surface area contributed by atoms with E-state index in [2.05, 4.69) is 10.6 Å². The van der Waals surface area contributed by atoms with Gasteiger partial charge in [-0.25, -0.2) is 0 Å². The third kappa shape index (κ3) is 6.21. The third-order valence-corrected chi connectivity index (χ3v) is 4.58. The number of rotatable bonds is 7. The first-order valence-corrected chi connectivity index (χ1v) is 9.32. The first-order valence-electron chi connectivity index (χ1n) is 8.44. The number of alkyl halides is 2. The Kier molecular flexibility index (Phi) is 6.24. The van der Waals surface area contributed by atoms with Crippen molar-refractivity contribution in [2.45, 2.75) is 29.5 Å². The summed E-state index contributed by atoms with van der Waals surface area (Å²) in [6.45, 7) is 0. The molecule has 0 atom stereocenters. The lowest BCUT2D eigenvalue weighted by Crippen LogP contribution is -2.25. The SMILES string of the molecule is O=C(/C=C/c1ccc(C(=O)NC2CC2)cc1)Nc1ccc(SC(F)F)cc1. The van der Waals surface area contributed by atoms with E-state index in [9.17, 15) is 18.4 Å². The third-order valence-electron chi connectivity index (χ3n) is 3.86. The molecule has 0 bridgehead atoms. The molecule has 0 unspecified atom stereocenters. The molecule has 27 heavy (non-hydrogen) atoms. The number of thioether (sulfide) groups is 1. The second-order valence-corrected chi connectivity index (χ2v) is 7.16. The Bertz CT molecular complexity index is 832. The smallest absolute Gasteiger partial charge is 0.288 e. The summed E-state index contributed by atoms with van der Waals surface area (Å²) in [5, 5.41) is 5.58. The normalized spacial score (nSPS) is 13.7.